The van der Waals surface area contributed by atoms with Gasteiger partial charge in [-0.05, 0) is 41.7 Å². The number of likely N-dealkylation sites (tertiary alicyclic amines) is 1. The van der Waals surface area contributed by atoms with Gasteiger partial charge in [0.25, 0.3) is 0 Å². The number of carbonyl (C=O) groups excluding carboxylic acids is 2. The van der Waals surface area contributed by atoms with Gasteiger partial charge in [0.15, 0.2) is 11.6 Å². The zero-order chi connectivity index (χ0) is 21.7. The van der Waals surface area contributed by atoms with Crippen LogP contribution in [0.4, 0.5) is 19.3 Å². The van der Waals surface area contributed by atoms with Crippen molar-refractivity contribution in [3.63, 3.8) is 0 Å². The highest BCUT2D eigenvalue weighted by molar-refractivity contribution is 5.95. The second-order valence-electron chi connectivity index (χ2n) is 7.94. The highest BCUT2D eigenvalue weighted by Gasteiger charge is 2.42. The van der Waals surface area contributed by atoms with E-state index < -0.39 is 17.7 Å². The quantitative estimate of drug-likeness (QED) is 0.816. The molecule has 2 aromatic rings. The van der Waals surface area contributed by atoms with E-state index in [0.29, 0.717) is 12.4 Å². The Hall–Kier alpha value is -3.49. The number of methoxy groups -OCH3 is 1. The Kier molecular flexibility index (Phi) is 4.60. The molecule has 0 saturated carbocycles. The van der Waals surface area contributed by atoms with E-state index in [9.17, 15) is 18.4 Å². The molecule has 2 atom stereocenters. The molecule has 9 heteroatoms. The second-order valence-corrected chi connectivity index (χ2v) is 7.94. The molecule has 0 radical (unpaired) electrons. The van der Waals surface area contributed by atoms with Crippen LogP contribution >= 0.6 is 0 Å². The molecule has 1 aliphatic carbocycles. The lowest BCUT2D eigenvalue weighted by Gasteiger charge is -2.33. The first kappa shape index (κ1) is 19.5. The van der Waals surface area contributed by atoms with Crippen molar-refractivity contribution in [2.75, 3.05) is 25.5 Å². The van der Waals surface area contributed by atoms with Gasteiger partial charge < -0.3 is 19.9 Å². The van der Waals surface area contributed by atoms with E-state index in [1.54, 1.807) is 24.3 Å². The lowest BCUT2D eigenvalue weighted by molar-refractivity contribution is -0.132. The fourth-order valence-corrected chi connectivity index (χ4v) is 4.59. The number of nitrogens with one attached hydrogen (secondary N) is 1. The van der Waals surface area contributed by atoms with E-state index in [0.717, 1.165) is 23.6 Å². The number of halogens is 2. The molecule has 3 aliphatic rings. The zero-order valence-electron chi connectivity index (χ0n) is 16.8. The molecule has 160 valence electrons. The van der Waals surface area contributed by atoms with Crippen molar-refractivity contribution in [2.24, 2.45) is 5.92 Å². The van der Waals surface area contributed by atoms with Gasteiger partial charge in [-0.3, -0.25) is 4.79 Å². The Morgan fingerprint density at radius 1 is 1.29 bits per heavy atom. The summed E-state index contributed by atoms with van der Waals surface area (Å²) < 4.78 is 32.9. The summed E-state index contributed by atoms with van der Waals surface area (Å²) in [5, 5.41) is 2.53. The maximum absolute atomic E-state index is 14.2. The second kappa shape index (κ2) is 7.33. The van der Waals surface area contributed by atoms with Crippen molar-refractivity contribution < 1.29 is 23.1 Å². The van der Waals surface area contributed by atoms with Crippen LogP contribution in [0.1, 0.15) is 17.5 Å². The van der Waals surface area contributed by atoms with Crippen LogP contribution in [0.2, 0.25) is 0 Å². The first-order valence-corrected chi connectivity index (χ1v) is 9.99. The summed E-state index contributed by atoms with van der Waals surface area (Å²) >= 11 is 0. The average molecular weight is 426 g/mol. The van der Waals surface area contributed by atoms with Crippen LogP contribution in [0.25, 0.3) is 5.57 Å². The minimum Gasteiger partial charge on any atom is -0.481 e. The number of fused-ring (bicyclic) bond motifs is 3. The van der Waals surface area contributed by atoms with Crippen molar-refractivity contribution in [1.29, 1.82) is 0 Å². The fourth-order valence-electron chi connectivity index (χ4n) is 4.59. The molecule has 7 nitrogen and oxygen atoms in total. The number of aromatic nitrogens is 1. The van der Waals surface area contributed by atoms with Crippen LogP contribution in [0, 0.1) is 17.6 Å². The molecule has 0 spiro atoms. The summed E-state index contributed by atoms with van der Waals surface area (Å²) in [6.45, 7) is 0.202. The van der Waals surface area contributed by atoms with Crippen molar-refractivity contribution in [3.8, 4) is 5.88 Å². The average Bonchev–Trinajstić information content (AvgIpc) is 3.39. The normalized spacial score (nSPS) is 21.6. The Balaban J connectivity index is 1.31. The Bertz CT molecular complexity index is 1100. The van der Waals surface area contributed by atoms with Gasteiger partial charge in [-0.2, -0.15) is 0 Å². The first-order chi connectivity index (χ1) is 14.9. The molecule has 1 N–H and O–H groups in total. The monoisotopic (exact) mass is 426 g/mol. The lowest BCUT2D eigenvalue weighted by Crippen LogP contribution is -2.48. The van der Waals surface area contributed by atoms with Crippen molar-refractivity contribution in [3.05, 3.63) is 59.3 Å². The van der Waals surface area contributed by atoms with Gasteiger partial charge in [0.05, 0.1) is 25.4 Å². The number of anilines is 1. The fraction of sp³-hybridized carbons (Fsp3) is 0.318. The summed E-state index contributed by atoms with van der Waals surface area (Å²) in [5.74, 6) is -1.46. The maximum atomic E-state index is 14.2. The molecule has 3 heterocycles. The number of nitrogens with zero attached hydrogens (tertiary/aromatic N) is 3. The number of hydrogen-bond acceptors (Lipinski definition) is 4. The van der Waals surface area contributed by atoms with Gasteiger partial charge in [-0.1, -0.05) is 6.08 Å². The van der Waals surface area contributed by atoms with E-state index in [4.69, 9.17) is 4.74 Å². The van der Waals surface area contributed by atoms with Crippen LogP contribution in [-0.4, -0.2) is 53.0 Å². The summed E-state index contributed by atoms with van der Waals surface area (Å²) in [7, 11) is 1.55. The van der Waals surface area contributed by atoms with Crippen LogP contribution in [0.3, 0.4) is 0 Å². The predicted molar refractivity (Wildman–Crippen MR) is 108 cm³/mol. The Morgan fingerprint density at radius 3 is 2.84 bits per heavy atom. The van der Waals surface area contributed by atoms with Crippen LogP contribution in [0.5, 0.6) is 5.88 Å². The number of benzene rings is 1. The van der Waals surface area contributed by atoms with Gasteiger partial charge in [0.1, 0.15) is 6.54 Å². The third-order valence-electron chi connectivity index (χ3n) is 6.11. The number of amides is 3. The molecule has 1 aromatic carbocycles. The molecule has 5 rings (SSSR count). The first-order valence-electron chi connectivity index (χ1n) is 9.99. The third kappa shape index (κ3) is 3.30. The molecule has 1 fully saturated rings. The van der Waals surface area contributed by atoms with E-state index in [2.05, 4.69) is 16.4 Å². The molecule has 3 amide bonds. The van der Waals surface area contributed by atoms with Crippen molar-refractivity contribution in [2.45, 2.75) is 19.0 Å². The summed E-state index contributed by atoms with van der Waals surface area (Å²) in [6.07, 6.45) is 4.71. The summed E-state index contributed by atoms with van der Waals surface area (Å²) in [5.41, 5.74) is 2.22. The van der Waals surface area contributed by atoms with Gasteiger partial charge in [0.2, 0.25) is 11.8 Å². The maximum Gasteiger partial charge on any atom is 0.322 e. The highest BCUT2D eigenvalue weighted by atomic mass is 19.2. The summed E-state index contributed by atoms with van der Waals surface area (Å²) in [4.78, 5) is 32.7. The standard InChI is InChI=1S/C22H20F2N4O3/c1-31-19-5-2-13(8-25-19)14-6-12-7-18(14)28(9-12)20(29)11-27-10-15-17(26-22(27)30)4-3-16(23)21(15)24/h2-6,8,12,18H,7,9-11H2,1H3,(H,26,30). The van der Waals surface area contributed by atoms with Crippen LogP contribution in [0.15, 0.2) is 36.5 Å². The topological polar surface area (TPSA) is 74.8 Å². The molecule has 1 saturated heterocycles. The van der Waals surface area contributed by atoms with Crippen LogP contribution < -0.4 is 10.1 Å². The summed E-state index contributed by atoms with van der Waals surface area (Å²) in [6, 6.07) is 5.38. The Labute approximate surface area is 177 Å². The number of rotatable bonds is 4. The molecule has 31 heavy (non-hydrogen) atoms. The van der Waals surface area contributed by atoms with Crippen molar-refractivity contribution >= 4 is 23.2 Å². The van der Waals surface area contributed by atoms with Gasteiger partial charge in [0, 0.05) is 24.4 Å². The number of ether oxygens (including phenoxy) is 1. The lowest BCUT2D eigenvalue weighted by atomic mass is 10.0. The number of urea groups is 1. The molecule has 2 aliphatic heterocycles. The molecule has 1 aromatic heterocycles. The third-order valence-corrected chi connectivity index (χ3v) is 6.11. The SMILES string of the molecule is COc1ccc(C2=CC3CC2N(C(=O)CN2Cc4c(ccc(F)c4F)NC2=O)C3)cn1. The van der Waals surface area contributed by atoms with Gasteiger partial charge >= 0.3 is 6.03 Å². The smallest absolute Gasteiger partial charge is 0.322 e. The van der Waals surface area contributed by atoms with Crippen molar-refractivity contribution in [1.82, 2.24) is 14.8 Å². The van der Waals surface area contributed by atoms with E-state index in [1.807, 2.05) is 6.07 Å². The minimum atomic E-state index is -1.01. The molecule has 2 bridgehead atoms. The van der Waals surface area contributed by atoms with Crippen LogP contribution in [-0.2, 0) is 11.3 Å². The molecule has 2 unspecified atom stereocenters. The predicted octanol–water partition coefficient (Wildman–Crippen LogP) is 3.03. The van der Waals surface area contributed by atoms with E-state index in [1.165, 1.54) is 11.0 Å². The van der Waals surface area contributed by atoms with E-state index >= 15 is 0 Å². The van der Waals surface area contributed by atoms with Gasteiger partial charge in [-0.15, -0.1) is 0 Å². The number of hydrogen-bond donors (Lipinski definition) is 1. The number of carbonyl (C=O) groups is 2. The van der Waals surface area contributed by atoms with E-state index in [-0.39, 0.29) is 42.2 Å². The minimum absolute atomic E-state index is 0.0419. The molecular weight excluding hydrogens is 406 g/mol. The molecular formula is C22H20F2N4O3. The number of pyridine rings is 1. The highest BCUT2D eigenvalue weighted by Crippen LogP contribution is 2.42. The zero-order valence-corrected chi connectivity index (χ0v) is 16.8. The largest absolute Gasteiger partial charge is 0.481 e. The Morgan fingerprint density at radius 2 is 2.13 bits per heavy atom. The van der Waals surface area contributed by atoms with Gasteiger partial charge in [-0.25, -0.2) is 18.6 Å².